The Morgan fingerprint density at radius 2 is 2.19 bits per heavy atom. The number of amides is 2. The Morgan fingerprint density at radius 1 is 1.38 bits per heavy atom. The van der Waals surface area contributed by atoms with Gasteiger partial charge in [0.1, 0.15) is 5.82 Å². The Bertz CT molecular complexity index is 650. The summed E-state index contributed by atoms with van der Waals surface area (Å²) in [6, 6.07) is 6.31. The molecule has 0 aliphatic carbocycles. The van der Waals surface area contributed by atoms with Crippen molar-refractivity contribution in [1.29, 1.82) is 0 Å². The van der Waals surface area contributed by atoms with Crippen LogP contribution < -0.4 is 5.32 Å². The number of piperidine rings is 1. The van der Waals surface area contributed by atoms with E-state index in [-0.39, 0.29) is 35.9 Å². The van der Waals surface area contributed by atoms with Crippen LogP contribution in [0.2, 0.25) is 0 Å². The highest BCUT2D eigenvalue weighted by atomic mass is 19.1. The number of hydrogen-bond acceptors (Lipinski definition) is 4. The maximum atomic E-state index is 13.2. The molecule has 1 saturated heterocycles. The number of benzene rings is 1. The first-order valence-corrected chi connectivity index (χ1v) is 8.86. The van der Waals surface area contributed by atoms with Crippen LogP contribution in [0.4, 0.5) is 4.39 Å². The van der Waals surface area contributed by atoms with Crippen LogP contribution in [-0.2, 0) is 25.5 Å². The normalized spacial score (nSPS) is 17.1. The lowest BCUT2D eigenvalue weighted by molar-refractivity contribution is -0.141. The number of nitrogens with zero attached hydrogens (tertiary/aromatic N) is 1. The second-order valence-electron chi connectivity index (χ2n) is 6.43. The standard InChI is InChI=1S/C19H25FN2O4/c1-26-18(24)6-3-10-21-19(25)15-7-8-17(23)22(13-15)11-9-14-4-2-5-16(20)12-14/h2,4-5,12,15H,3,6-11,13H2,1H3,(H,21,25). The number of nitrogens with one attached hydrogen (secondary N) is 1. The zero-order valence-corrected chi connectivity index (χ0v) is 15.0. The summed E-state index contributed by atoms with van der Waals surface area (Å²) >= 11 is 0. The summed E-state index contributed by atoms with van der Waals surface area (Å²) in [6.45, 7) is 1.24. The number of hydrogen-bond donors (Lipinski definition) is 1. The predicted octanol–water partition coefficient (Wildman–Crippen LogP) is 1.68. The van der Waals surface area contributed by atoms with Crippen molar-refractivity contribution in [3.63, 3.8) is 0 Å². The van der Waals surface area contributed by atoms with Crippen LogP contribution >= 0.6 is 0 Å². The van der Waals surface area contributed by atoms with Gasteiger partial charge >= 0.3 is 5.97 Å². The van der Waals surface area contributed by atoms with Crippen LogP contribution in [0, 0.1) is 11.7 Å². The molecule has 0 spiro atoms. The van der Waals surface area contributed by atoms with Gasteiger partial charge in [-0.2, -0.15) is 0 Å². The first kappa shape index (κ1) is 19.9. The zero-order valence-electron chi connectivity index (χ0n) is 15.0. The highest BCUT2D eigenvalue weighted by molar-refractivity contribution is 5.83. The van der Waals surface area contributed by atoms with Gasteiger partial charge in [0, 0.05) is 32.5 Å². The first-order chi connectivity index (χ1) is 12.5. The van der Waals surface area contributed by atoms with Crippen molar-refractivity contribution in [3.8, 4) is 0 Å². The van der Waals surface area contributed by atoms with Gasteiger partial charge in [-0.15, -0.1) is 0 Å². The Kier molecular flexibility index (Phi) is 7.56. The molecule has 1 fully saturated rings. The molecule has 1 aromatic carbocycles. The number of methoxy groups -OCH3 is 1. The minimum absolute atomic E-state index is 0.0242. The molecule has 26 heavy (non-hydrogen) atoms. The van der Waals surface area contributed by atoms with Gasteiger partial charge in [0.2, 0.25) is 11.8 Å². The topological polar surface area (TPSA) is 75.7 Å². The molecule has 2 rings (SSSR count). The average molecular weight is 364 g/mol. The second-order valence-corrected chi connectivity index (χ2v) is 6.43. The van der Waals surface area contributed by atoms with Gasteiger partial charge < -0.3 is 15.0 Å². The monoisotopic (exact) mass is 364 g/mol. The predicted molar refractivity (Wildman–Crippen MR) is 93.7 cm³/mol. The number of carbonyl (C=O) groups is 3. The van der Waals surface area contributed by atoms with Crippen LogP contribution in [0.5, 0.6) is 0 Å². The van der Waals surface area contributed by atoms with E-state index in [0.29, 0.717) is 45.3 Å². The van der Waals surface area contributed by atoms with Crippen LogP contribution in [0.3, 0.4) is 0 Å². The number of ether oxygens (including phenoxy) is 1. The molecule has 1 N–H and O–H groups in total. The van der Waals surface area contributed by atoms with E-state index in [4.69, 9.17) is 0 Å². The molecule has 142 valence electrons. The lowest BCUT2D eigenvalue weighted by Gasteiger charge is -2.32. The third-order valence-corrected chi connectivity index (χ3v) is 4.51. The second kappa shape index (κ2) is 9.89. The van der Waals surface area contributed by atoms with Crippen molar-refractivity contribution < 1.29 is 23.5 Å². The summed E-state index contributed by atoms with van der Waals surface area (Å²) in [5.41, 5.74) is 0.826. The molecule has 0 radical (unpaired) electrons. The molecule has 7 heteroatoms. The molecule has 1 aliphatic heterocycles. The van der Waals surface area contributed by atoms with E-state index in [0.717, 1.165) is 5.56 Å². The highest BCUT2D eigenvalue weighted by Gasteiger charge is 2.29. The molecule has 0 aromatic heterocycles. The minimum atomic E-state index is -0.300. The summed E-state index contributed by atoms with van der Waals surface area (Å²) in [4.78, 5) is 37.1. The molecule has 1 aromatic rings. The molecule has 1 unspecified atom stereocenters. The molecule has 0 bridgehead atoms. The lowest BCUT2D eigenvalue weighted by Crippen LogP contribution is -2.46. The van der Waals surface area contributed by atoms with Crippen molar-refractivity contribution >= 4 is 17.8 Å². The Hall–Kier alpha value is -2.44. The molecule has 6 nitrogen and oxygen atoms in total. The first-order valence-electron chi connectivity index (χ1n) is 8.86. The molecular weight excluding hydrogens is 339 g/mol. The summed E-state index contributed by atoms with van der Waals surface area (Å²) in [6.07, 6.45) is 2.20. The van der Waals surface area contributed by atoms with Gasteiger partial charge in [0.05, 0.1) is 13.0 Å². The third kappa shape index (κ3) is 6.13. The van der Waals surface area contributed by atoms with E-state index in [1.54, 1.807) is 11.0 Å². The van der Waals surface area contributed by atoms with Crippen molar-refractivity contribution in [2.75, 3.05) is 26.7 Å². The van der Waals surface area contributed by atoms with Gasteiger partial charge in [0.25, 0.3) is 0 Å². The fourth-order valence-corrected chi connectivity index (χ4v) is 2.99. The van der Waals surface area contributed by atoms with E-state index < -0.39 is 0 Å². The number of esters is 1. The van der Waals surface area contributed by atoms with E-state index in [1.165, 1.54) is 19.2 Å². The van der Waals surface area contributed by atoms with E-state index in [2.05, 4.69) is 10.1 Å². The van der Waals surface area contributed by atoms with Gasteiger partial charge in [-0.1, -0.05) is 12.1 Å². The number of rotatable bonds is 8. The fraction of sp³-hybridized carbons (Fsp3) is 0.526. The van der Waals surface area contributed by atoms with E-state index >= 15 is 0 Å². The maximum Gasteiger partial charge on any atom is 0.305 e. The smallest absolute Gasteiger partial charge is 0.305 e. The van der Waals surface area contributed by atoms with Crippen LogP contribution in [0.15, 0.2) is 24.3 Å². The molecular formula is C19H25FN2O4. The summed E-state index contributed by atoms with van der Waals surface area (Å²) in [5, 5.41) is 2.81. The molecule has 1 aliphatic rings. The van der Waals surface area contributed by atoms with Crippen LogP contribution in [-0.4, -0.2) is 49.4 Å². The number of carbonyl (C=O) groups excluding carboxylic acids is 3. The molecule has 0 saturated carbocycles. The Balaban J connectivity index is 1.78. The molecule has 2 amide bonds. The van der Waals surface area contributed by atoms with Crippen molar-refractivity contribution in [3.05, 3.63) is 35.6 Å². The lowest BCUT2D eigenvalue weighted by atomic mass is 9.96. The number of likely N-dealkylation sites (tertiary alicyclic amines) is 1. The van der Waals surface area contributed by atoms with Crippen molar-refractivity contribution in [1.82, 2.24) is 10.2 Å². The van der Waals surface area contributed by atoms with Gasteiger partial charge in [-0.3, -0.25) is 14.4 Å². The summed E-state index contributed by atoms with van der Waals surface area (Å²) < 4.78 is 17.8. The van der Waals surface area contributed by atoms with Crippen LogP contribution in [0.1, 0.15) is 31.2 Å². The number of halogens is 1. The van der Waals surface area contributed by atoms with Gasteiger partial charge in [-0.25, -0.2) is 4.39 Å². The average Bonchev–Trinajstić information content (AvgIpc) is 2.64. The van der Waals surface area contributed by atoms with Gasteiger partial charge in [-0.05, 0) is 37.0 Å². The maximum absolute atomic E-state index is 13.2. The molecule has 1 atom stereocenters. The Labute approximate surface area is 152 Å². The van der Waals surface area contributed by atoms with Crippen molar-refractivity contribution in [2.24, 2.45) is 5.92 Å². The van der Waals surface area contributed by atoms with Crippen molar-refractivity contribution in [2.45, 2.75) is 32.1 Å². The SMILES string of the molecule is COC(=O)CCCNC(=O)C1CCC(=O)N(CCc2cccc(F)c2)C1. The van der Waals surface area contributed by atoms with E-state index in [9.17, 15) is 18.8 Å². The minimum Gasteiger partial charge on any atom is -0.469 e. The summed E-state index contributed by atoms with van der Waals surface area (Å²) in [7, 11) is 1.33. The third-order valence-electron chi connectivity index (χ3n) is 4.51. The fourth-order valence-electron chi connectivity index (χ4n) is 2.99. The van der Waals surface area contributed by atoms with Gasteiger partial charge in [0.15, 0.2) is 0 Å². The highest BCUT2D eigenvalue weighted by Crippen LogP contribution is 2.18. The summed E-state index contributed by atoms with van der Waals surface area (Å²) in [5.74, 6) is -0.921. The molecule has 1 heterocycles. The largest absolute Gasteiger partial charge is 0.469 e. The van der Waals surface area contributed by atoms with Crippen LogP contribution in [0.25, 0.3) is 0 Å². The zero-order chi connectivity index (χ0) is 18.9. The Morgan fingerprint density at radius 3 is 2.92 bits per heavy atom. The van der Waals surface area contributed by atoms with E-state index in [1.807, 2.05) is 6.07 Å². The quantitative estimate of drug-likeness (QED) is 0.562.